The van der Waals surface area contributed by atoms with E-state index in [1.165, 1.54) is 11.1 Å². The molecule has 0 radical (unpaired) electrons. The van der Waals surface area contributed by atoms with Gasteiger partial charge in [0.25, 0.3) is 0 Å². The summed E-state index contributed by atoms with van der Waals surface area (Å²) in [6.07, 6.45) is 6.71. The van der Waals surface area contributed by atoms with Gasteiger partial charge in [-0.05, 0) is 46.4 Å². The molecule has 0 aliphatic heterocycles. The topological polar surface area (TPSA) is 0 Å². The van der Waals surface area contributed by atoms with Gasteiger partial charge in [0, 0.05) is 5.56 Å². The zero-order chi connectivity index (χ0) is 14.8. The number of hydrogen-bond acceptors (Lipinski definition) is 0. The lowest BCUT2D eigenvalue weighted by atomic mass is 9.70. The average molecular weight is 256 g/mol. The van der Waals surface area contributed by atoms with E-state index in [1.807, 2.05) is 0 Å². The van der Waals surface area contributed by atoms with Crippen LogP contribution in [0.3, 0.4) is 0 Å². The third kappa shape index (κ3) is 4.13. The zero-order valence-electron chi connectivity index (χ0n) is 13.6. The van der Waals surface area contributed by atoms with Gasteiger partial charge in [-0.1, -0.05) is 60.5 Å². The van der Waals surface area contributed by atoms with E-state index in [4.69, 9.17) is 6.42 Å². The van der Waals surface area contributed by atoms with Crippen molar-refractivity contribution in [1.29, 1.82) is 0 Å². The highest BCUT2D eigenvalue weighted by Crippen LogP contribution is 2.39. The number of terminal acetylenes is 1. The van der Waals surface area contributed by atoms with Gasteiger partial charge in [-0.15, -0.1) is 6.42 Å². The van der Waals surface area contributed by atoms with Gasteiger partial charge in [-0.3, -0.25) is 0 Å². The lowest BCUT2D eigenvalue weighted by Gasteiger charge is -2.35. The van der Waals surface area contributed by atoms with E-state index in [1.54, 1.807) is 0 Å². The van der Waals surface area contributed by atoms with Crippen molar-refractivity contribution in [1.82, 2.24) is 0 Å². The monoisotopic (exact) mass is 256 g/mol. The molecule has 19 heavy (non-hydrogen) atoms. The van der Waals surface area contributed by atoms with E-state index >= 15 is 0 Å². The second-order valence-electron chi connectivity index (χ2n) is 7.72. The van der Waals surface area contributed by atoms with Crippen LogP contribution in [-0.2, 0) is 5.41 Å². The highest BCUT2D eigenvalue weighted by molar-refractivity contribution is 5.44. The molecule has 0 aliphatic carbocycles. The molecule has 0 nitrogen and oxygen atoms in total. The van der Waals surface area contributed by atoms with Gasteiger partial charge in [0.05, 0.1) is 0 Å². The second-order valence-corrected chi connectivity index (χ2v) is 7.72. The fourth-order valence-electron chi connectivity index (χ4n) is 3.16. The SMILES string of the molecule is C#Cc1ccc(C(C)C)c(C(C)(C)CC(C)(C)C)c1. The molecular weight excluding hydrogens is 228 g/mol. The molecule has 0 aromatic heterocycles. The van der Waals surface area contributed by atoms with Crippen molar-refractivity contribution in [2.45, 2.75) is 66.2 Å². The molecule has 0 heteroatoms. The van der Waals surface area contributed by atoms with E-state index in [9.17, 15) is 0 Å². The van der Waals surface area contributed by atoms with Crippen molar-refractivity contribution in [2.75, 3.05) is 0 Å². The molecule has 0 saturated heterocycles. The van der Waals surface area contributed by atoms with Crippen molar-refractivity contribution >= 4 is 0 Å². The molecule has 0 fully saturated rings. The molecule has 1 rings (SSSR count). The lowest BCUT2D eigenvalue weighted by Crippen LogP contribution is -2.26. The molecule has 0 atom stereocenters. The maximum atomic E-state index is 5.57. The Morgan fingerprint density at radius 1 is 1.11 bits per heavy atom. The third-order valence-corrected chi connectivity index (χ3v) is 3.54. The van der Waals surface area contributed by atoms with Gasteiger partial charge in [-0.2, -0.15) is 0 Å². The van der Waals surface area contributed by atoms with Crippen LogP contribution >= 0.6 is 0 Å². The first-order chi connectivity index (χ1) is 8.57. The van der Waals surface area contributed by atoms with E-state index in [2.05, 4.69) is 72.6 Å². The minimum absolute atomic E-state index is 0.144. The molecule has 1 aromatic carbocycles. The molecule has 0 N–H and O–H groups in total. The van der Waals surface area contributed by atoms with Crippen molar-refractivity contribution in [2.24, 2.45) is 5.41 Å². The van der Waals surface area contributed by atoms with Gasteiger partial charge in [0.15, 0.2) is 0 Å². The van der Waals surface area contributed by atoms with Gasteiger partial charge in [-0.25, -0.2) is 0 Å². The third-order valence-electron chi connectivity index (χ3n) is 3.54. The fourth-order valence-corrected chi connectivity index (χ4v) is 3.16. The number of benzene rings is 1. The van der Waals surface area contributed by atoms with Crippen molar-refractivity contribution in [3.05, 3.63) is 34.9 Å². The first-order valence-electron chi connectivity index (χ1n) is 7.18. The summed E-state index contributed by atoms with van der Waals surface area (Å²) in [7, 11) is 0. The molecule has 0 unspecified atom stereocenters. The van der Waals surface area contributed by atoms with Crippen molar-refractivity contribution in [3.63, 3.8) is 0 Å². The van der Waals surface area contributed by atoms with E-state index < -0.39 is 0 Å². The zero-order valence-corrected chi connectivity index (χ0v) is 13.6. The minimum atomic E-state index is 0.144. The van der Waals surface area contributed by atoms with Crippen LogP contribution in [0.5, 0.6) is 0 Å². The summed E-state index contributed by atoms with van der Waals surface area (Å²) in [5.41, 5.74) is 4.27. The standard InChI is InChI=1S/C19H28/c1-9-15-10-11-16(14(2)3)17(12-15)19(7,8)13-18(4,5)6/h1,10-12,14H,13H2,2-8H3. The second kappa shape index (κ2) is 5.41. The van der Waals surface area contributed by atoms with Gasteiger partial charge < -0.3 is 0 Å². The van der Waals surface area contributed by atoms with Gasteiger partial charge in [0.2, 0.25) is 0 Å². The molecule has 1 aromatic rings. The van der Waals surface area contributed by atoms with Crippen LogP contribution in [0.15, 0.2) is 18.2 Å². The summed E-state index contributed by atoms with van der Waals surface area (Å²) in [6.45, 7) is 16.1. The van der Waals surface area contributed by atoms with E-state index in [0.29, 0.717) is 11.3 Å². The maximum absolute atomic E-state index is 5.57. The quantitative estimate of drug-likeness (QED) is 0.626. The first kappa shape index (κ1) is 15.8. The van der Waals surface area contributed by atoms with Crippen LogP contribution in [0.4, 0.5) is 0 Å². The normalized spacial score (nSPS) is 12.6. The highest BCUT2D eigenvalue weighted by atomic mass is 14.3. The van der Waals surface area contributed by atoms with E-state index in [-0.39, 0.29) is 5.41 Å². The lowest BCUT2D eigenvalue weighted by molar-refractivity contribution is 0.282. The summed E-state index contributed by atoms with van der Waals surface area (Å²) < 4.78 is 0. The van der Waals surface area contributed by atoms with Crippen LogP contribution in [0.25, 0.3) is 0 Å². The summed E-state index contributed by atoms with van der Waals surface area (Å²) in [4.78, 5) is 0. The predicted octanol–water partition coefficient (Wildman–Crippen LogP) is 5.51. The molecule has 104 valence electrons. The predicted molar refractivity (Wildman–Crippen MR) is 85.6 cm³/mol. The van der Waals surface area contributed by atoms with Crippen LogP contribution in [0, 0.1) is 17.8 Å². The fraction of sp³-hybridized carbons (Fsp3) is 0.579. The Bertz CT molecular complexity index is 476. The highest BCUT2D eigenvalue weighted by Gasteiger charge is 2.29. The average Bonchev–Trinajstić information content (AvgIpc) is 2.24. The molecule has 0 amide bonds. The van der Waals surface area contributed by atoms with Crippen molar-refractivity contribution < 1.29 is 0 Å². The largest absolute Gasteiger partial charge is 0.115 e. The van der Waals surface area contributed by atoms with Crippen LogP contribution < -0.4 is 0 Å². The van der Waals surface area contributed by atoms with Crippen LogP contribution in [-0.4, -0.2) is 0 Å². The van der Waals surface area contributed by atoms with Gasteiger partial charge in [0.1, 0.15) is 0 Å². The van der Waals surface area contributed by atoms with Crippen LogP contribution in [0.1, 0.15) is 77.5 Å². The maximum Gasteiger partial charge on any atom is 0.0245 e. The molecule has 0 spiro atoms. The Hall–Kier alpha value is -1.22. The molecule has 0 aliphatic rings. The number of rotatable bonds is 3. The van der Waals surface area contributed by atoms with E-state index in [0.717, 1.165) is 12.0 Å². The smallest absolute Gasteiger partial charge is 0.0245 e. The summed E-state index contributed by atoms with van der Waals surface area (Å²) in [6, 6.07) is 6.48. The summed E-state index contributed by atoms with van der Waals surface area (Å²) >= 11 is 0. The Labute approximate surface area is 119 Å². The Balaban J connectivity index is 3.34. The minimum Gasteiger partial charge on any atom is -0.115 e. The van der Waals surface area contributed by atoms with Crippen molar-refractivity contribution in [3.8, 4) is 12.3 Å². The summed E-state index contributed by atoms with van der Waals surface area (Å²) in [5.74, 6) is 3.30. The first-order valence-corrected chi connectivity index (χ1v) is 7.18. The number of hydrogen-bond donors (Lipinski definition) is 0. The molecule has 0 bridgehead atoms. The molecular formula is C19H28. The Morgan fingerprint density at radius 2 is 1.68 bits per heavy atom. The Morgan fingerprint density at radius 3 is 2.11 bits per heavy atom. The molecule has 0 heterocycles. The van der Waals surface area contributed by atoms with Crippen LogP contribution in [0.2, 0.25) is 0 Å². The van der Waals surface area contributed by atoms with Gasteiger partial charge >= 0.3 is 0 Å². The summed E-state index contributed by atoms with van der Waals surface area (Å²) in [5, 5.41) is 0. The molecule has 0 saturated carbocycles. The Kier molecular flexibility index (Phi) is 4.51.